The number of benzene rings is 2. The number of aliphatic hydroxyl groups is 1. The van der Waals surface area contributed by atoms with Gasteiger partial charge in [0, 0.05) is 63.1 Å². The van der Waals surface area contributed by atoms with Gasteiger partial charge in [-0.3, -0.25) is 0 Å². The molecule has 1 N–H and O–H groups in total. The minimum atomic E-state index is -2.85. The third kappa shape index (κ3) is 6.70. The van der Waals surface area contributed by atoms with Gasteiger partial charge in [-0.1, -0.05) is 12.1 Å². The van der Waals surface area contributed by atoms with Crippen molar-refractivity contribution in [3.8, 4) is 11.8 Å². The van der Waals surface area contributed by atoms with E-state index in [9.17, 15) is 24.3 Å². The Kier molecular flexibility index (Phi) is 9.37. The van der Waals surface area contributed by atoms with Gasteiger partial charge in [-0.05, 0) is 68.7 Å². The third-order valence-electron chi connectivity index (χ3n) is 8.18. The number of carbonyl (C=O) groups excluding carboxylic acids is 4. The molecule has 0 amide bonds. The van der Waals surface area contributed by atoms with Crippen LogP contribution in [0.3, 0.4) is 0 Å². The fourth-order valence-electron chi connectivity index (χ4n) is 5.81. The second-order valence-corrected chi connectivity index (χ2v) is 11.7. The van der Waals surface area contributed by atoms with Gasteiger partial charge in [0.25, 0.3) is 0 Å². The molecule has 1 unspecified atom stereocenters. The molecule has 2 spiro atoms. The number of nitrogens with zero attached hydrogens (tertiary/aromatic N) is 3. The minimum absolute atomic E-state index is 0.00631. The van der Waals surface area contributed by atoms with E-state index in [1.54, 1.807) is 43.4 Å². The Labute approximate surface area is 271 Å². The highest BCUT2D eigenvalue weighted by Gasteiger charge is 2.79. The van der Waals surface area contributed by atoms with Crippen LogP contribution in [0.4, 0.5) is 5.69 Å². The predicted octanol–water partition coefficient (Wildman–Crippen LogP) is 2.51. The van der Waals surface area contributed by atoms with E-state index < -0.39 is 41.2 Å². The monoisotopic (exact) mass is 645 g/mol. The van der Waals surface area contributed by atoms with Crippen molar-refractivity contribution in [3.05, 3.63) is 84.0 Å². The van der Waals surface area contributed by atoms with Crippen molar-refractivity contribution >= 4 is 29.6 Å². The predicted molar refractivity (Wildman–Crippen MR) is 164 cm³/mol. The normalized spacial score (nSPS) is 21.7. The highest BCUT2D eigenvalue weighted by molar-refractivity contribution is 5.95. The lowest BCUT2D eigenvalue weighted by atomic mass is 9.78. The van der Waals surface area contributed by atoms with Crippen molar-refractivity contribution in [3.63, 3.8) is 0 Å². The number of hydrogen-bond donors (Lipinski definition) is 1. The molecule has 13 nitrogen and oxygen atoms in total. The Hall–Kier alpha value is -5.19. The summed E-state index contributed by atoms with van der Waals surface area (Å²) < 4.78 is 28.8. The molecule has 3 heterocycles. The molecule has 3 aliphatic rings. The average Bonchev–Trinajstić information content (AvgIpc) is 3.30. The summed E-state index contributed by atoms with van der Waals surface area (Å²) in [5.41, 5.74) is -0.239. The van der Waals surface area contributed by atoms with E-state index in [-0.39, 0.29) is 45.0 Å². The van der Waals surface area contributed by atoms with E-state index in [2.05, 4.69) is 6.07 Å². The molecule has 2 aromatic rings. The van der Waals surface area contributed by atoms with Crippen LogP contribution in [0, 0.1) is 11.3 Å². The molecule has 13 heteroatoms. The summed E-state index contributed by atoms with van der Waals surface area (Å²) in [4.78, 5) is 55.4. The number of fused-ring (bicyclic) bond motifs is 1. The van der Waals surface area contributed by atoms with E-state index >= 15 is 0 Å². The Morgan fingerprint density at radius 3 is 1.98 bits per heavy atom. The molecule has 2 aromatic carbocycles. The summed E-state index contributed by atoms with van der Waals surface area (Å²) in [7, 11) is 1.78. The fourth-order valence-corrected chi connectivity index (χ4v) is 5.81. The zero-order valence-electron chi connectivity index (χ0n) is 26.2. The topological polar surface area (TPSA) is 165 Å². The number of likely N-dealkylation sites (tertiary alicyclic amines) is 1. The molecule has 5 rings (SSSR count). The highest BCUT2D eigenvalue weighted by atomic mass is 16.8. The first-order valence-corrected chi connectivity index (χ1v) is 15.1. The van der Waals surface area contributed by atoms with Crippen LogP contribution in [-0.4, -0.2) is 84.0 Å². The van der Waals surface area contributed by atoms with Crippen molar-refractivity contribution < 1.29 is 48.0 Å². The van der Waals surface area contributed by atoms with Crippen LogP contribution >= 0.6 is 0 Å². The summed E-state index contributed by atoms with van der Waals surface area (Å²) >= 11 is 0. The number of nitriles is 1. The molecule has 0 bridgehead atoms. The zero-order chi connectivity index (χ0) is 33.8. The maximum Gasteiger partial charge on any atom is 0.405 e. The van der Waals surface area contributed by atoms with Crippen LogP contribution in [0.1, 0.15) is 37.8 Å². The van der Waals surface area contributed by atoms with Crippen LogP contribution in [0.15, 0.2) is 72.8 Å². The van der Waals surface area contributed by atoms with Crippen molar-refractivity contribution in [2.24, 2.45) is 0 Å². The van der Waals surface area contributed by atoms with Gasteiger partial charge in [-0.25, -0.2) is 24.1 Å². The smallest absolute Gasteiger partial charge is 0.405 e. The summed E-state index contributed by atoms with van der Waals surface area (Å²) in [6.45, 7) is 3.96. The van der Waals surface area contributed by atoms with E-state index in [4.69, 9.17) is 28.9 Å². The molecule has 1 saturated heterocycles. The van der Waals surface area contributed by atoms with Crippen LogP contribution in [0.5, 0.6) is 5.75 Å². The molecular formula is C34H35N3O10. The van der Waals surface area contributed by atoms with Gasteiger partial charge in [0.05, 0.1) is 17.7 Å². The molecule has 1 atom stereocenters. The first-order chi connectivity index (χ1) is 22.4. The van der Waals surface area contributed by atoms with Crippen molar-refractivity contribution in [1.82, 2.24) is 4.90 Å². The van der Waals surface area contributed by atoms with Gasteiger partial charge >= 0.3 is 35.6 Å². The summed E-state index contributed by atoms with van der Waals surface area (Å²) in [6.07, 6.45) is 3.21. The maximum atomic E-state index is 13.1. The second kappa shape index (κ2) is 13.3. The van der Waals surface area contributed by atoms with Crippen LogP contribution in [-0.2, 0) is 44.5 Å². The number of carbonyl (C=O) groups is 4. The molecule has 246 valence electrons. The summed E-state index contributed by atoms with van der Waals surface area (Å²) in [5, 5.41) is 21.7. The van der Waals surface area contributed by atoms with Crippen molar-refractivity contribution in [2.45, 2.75) is 56.5 Å². The molecule has 0 aromatic heterocycles. The molecule has 0 radical (unpaired) electrons. The van der Waals surface area contributed by atoms with E-state index in [0.29, 0.717) is 11.3 Å². The first kappa shape index (κ1) is 33.2. The number of hydrogen-bond acceptors (Lipinski definition) is 13. The number of ether oxygens (including phenoxy) is 5. The first-order valence-electron chi connectivity index (χ1n) is 15.1. The lowest BCUT2D eigenvalue weighted by Gasteiger charge is -2.58. The second-order valence-electron chi connectivity index (χ2n) is 11.7. The fraction of sp³-hybridized carbons (Fsp3) is 0.382. The van der Waals surface area contributed by atoms with E-state index in [1.165, 1.54) is 4.90 Å². The largest absolute Gasteiger partial charge is 0.491 e. The lowest BCUT2D eigenvalue weighted by molar-refractivity contribution is -0.460. The number of esters is 4. The minimum Gasteiger partial charge on any atom is -0.491 e. The highest BCUT2D eigenvalue weighted by Crippen LogP contribution is 2.51. The van der Waals surface area contributed by atoms with Gasteiger partial charge < -0.3 is 33.7 Å². The van der Waals surface area contributed by atoms with Gasteiger partial charge in [-0.15, -0.1) is 0 Å². The Balaban J connectivity index is 1.53. The standard InChI is InChI=1S/C34H35N3O10/c1-23(2)43-27-10-8-26(9-11-27)36(3)20-17-32(42)18-21-37(19-16-24-4-6-25(22-35)7-5-24)34(46-30(40)14-15-31(41)47-34)33(32)44-28(38)12-13-29(39)45-33/h4-15,23,42H,16-21H2,1-3H3. The SMILES string of the molecule is CC(C)Oc1ccc(N(C)CCC2(O)CCN(CCc3ccc(C#N)cc3)C3(OC(=O)C=CC(=O)O3)C23OC(=O)C=CC(=O)O3)cc1. The van der Waals surface area contributed by atoms with Crippen LogP contribution in [0.25, 0.3) is 0 Å². The zero-order valence-corrected chi connectivity index (χ0v) is 26.2. The van der Waals surface area contributed by atoms with Crippen molar-refractivity contribution in [1.29, 1.82) is 5.26 Å². The number of anilines is 1. The quantitative estimate of drug-likeness (QED) is 0.396. The third-order valence-corrected chi connectivity index (χ3v) is 8.18. The summed E-state index contributed by atoms with van der Waals surface area (Å²) in [5.74, 6) is -9.22. The van der Waals surface area contributed by atoms with Crippen molar-refractivity contribution in [2.75, 3.05) is 31.6 Å². The molecule has 47 heavy (non-hydrogen) atoms. The molecular weight excluding hydrogens is 610 g/mol. The van der Waals surface area contributed by atoms with Crippen LogP contribution in [0.2, 0.25) is 0 Å². The lowest BCUT2D eigenvalue weighted by Crippen LogP contribution is -2.82. The average molecular weight is 646 g/mol. The molecule has 0 aliphatic carbocycles. The van der Waals surface area contributed by atoms with Gasteiger partial charge in [0.2, 0.25) is 0 Å². The Morgan fingerprint density at radius 1 is 0.894 bits per heavy atom. The van der Waals surface area contributed by atoms with E-state index in [1.807, 2.05) is 30.9 Å². The molecule has 0 saturated carbocycles. The maximum absolute atomic E-state index is 13.1. The Bertz CT molecular complexity index is 1590. The Morgan fingerprint density at radius 2 is 1.45 bits per heavy atom. The number of piperidine rings is 1. The summed E-state index contributed by atoms with van der Waals surface area (Å²) in [6, 6.07) is 16.1. The van der Waals surface area contributed by atoms with E-state index in [0.717, 1.165) is 35.6 Å². The van der Waals surface area contributed by atoms with Crippen LogP contribution < -0.4 is 9.64 Å². The number of rotatable bonds is 9. The molecule has 3 aliphatic heterocycles. The van der Waals surface area contributed by atoms with Gasteiger partial charge in [0.15, 0.2) is 5.60 Å². The van der Waals surface area contributed by atoms with Gasteiger partial charge in [0.1, 0.15) is 5.75 Å². The van der Waals surface area contributed by atoms with Gasteiger partial charge in [-0.2, -0.15) is 5.26 Å². The molecule has 1 fully saturated rings.